The molecule has 1 rings (SSSR count). The number of hydrogen-bond acceptors (Lipinski definition) is 3. The number of carbonyl (C=O) groups excluding carboxylic acids is 1. The molecule has 0 aliphatic carbocycles. The number of aryl methyl sites for hydroxylation is 1. The van der Waals surface area contributed by atoms with Gasteiger partial charge in [-0.25, -0.2) is 13.1 Å². The average Bonchev–Trinajstić information content (AvgIpc) is 2.57. The molecule has 0 saturated heterocycles. The molecule has 142 valence electrons. The van der Waals surface area contributed by atoms with E-state index in [9.17, 15) is 13.2 Å². The number of anilines is 1. The standard InChI is InChI=1S/C19H32N2O3S/c1-4-5-9-17-11-13-18(14-12-17)21-19(22)10-7-6-8-15-20-25(23,24)16(2)3/h11-14,16,20H,4-10,15H2,1-3H3,(H,21,22). The Balaban J connectivity index is 2.18. The lowest BCUT2D eigenvalue weighted by atomic mass is 10.1. The van der Waals surface area contributed by atoms with E-state index in [4.69, 9.17) is 0 Å². The molecule has 1 aromatic carbocycles. The van der Waals surface area contributed by atoms with Gasteiger partial charge in [-0.3, -0.25) is 4.79 Å². The number of sulfonamides is 1. The number of unbranched alkanes of at least 4 members (excludes halogenated alkanes) is 3. The lowest BCUT2D eigenvalue weighted by molar-refractivity contribution is -0.116. The molecule has 0 heterocycles. The van der Waals surface area contributed by atoms with Crippen molar-refractivity contribution in [2.75, 3.05) is 11.9 Å². The van der Waals surface area contributed by atoms with Gasteiger partial charge >= 0.3 is 0 Å². The topological polar surface area (TPSA) is 75.3 Å². The fraction of sp³-hybridized carbons (Fsp3) is 0.632. The summed E-state index contributed by atoms with van der Waals surface area (Å²) in [6, 6.07) is 8.02. The molecule has 0 unspecified atom stereocenters. The van der Waals surface area contributed by atoms with Crippen molar-refractivity contribution in [3.63, 3.8) is 0 Å². The number of amides is 1. The Morgan fingerprint density at radius 1 is 1.04 bits per heavy atom. The zero-order chi connectivity index (χ0) is 18.7. The first-order chi connectivity index (χ1) is 11.8. The van der Waals surface area contributed by atoms with Gasteiger partial charge in [0.25, 0.3) is 0 Å². The van der Waals surface area contributed by atoms with Crippen LogP contribution >= 0.6 is 0 Å². The largest absolute Gasteiger partial charge is 0.326 e. The molecule has 0 bridgehead atoms. The summed E-state index contributed by atoms with van der Waals surface area (Å²) in [4.78, 5) is 11.9. The molecule has 6 heteroatoms. The molecule has 0 spiro atoms. The SMILES string of the molecule is CCCCc1ccc(NC(=O)CCCCCNS(=O)(=O)C(C)C)cc1. The van der Waals surface area contributed by atoms with Crippen LogP contribution in [0.2, 0.25) is 0 Å². The van der Waals surface area contributed by atoms with Gasteiger partial charge in [0, 0.05) is 18.7 Å². The van der Waals surface area contributed by atoms with Crippen LogP contribution in [0.1, 0.15) is 64.9 Å². The molecule has 0 atom stereocenters. The van der Waals surface area contributed by atoms with E-state index in [1.54, 1.807) is 13.8 Å². The maximum Gasteiger partial charge on any atom is 0.224 e. The normalized spacial score (nSPS) is 11.7. The Morgan fingerprint density at radius 2 is 1.72 bits per heavy atom. The van der Waals surface area contributed by atoms with Crippen LogP contribution in [0.3, 0.4) is 0 Å². The molecule has 1 amide bonds. The first-order valence-electron chi connectivity index (χ1n) is 9.22. The molecule has 1 aromatic rings. The van der Waals surface area contributed by atoms with E-state index < -0.39 is 15.3 Å². The minimum atomic E-state index is -3.18. The van der Waals surface area contributed by atoms with Crippen molar-refractivity contribution in [2.45, 2.75) is 71.0 Å². The molecular weight excluding hydrogens is 336 g/mol. The first kappa shape index (κ1) is 21.6. The maximum absolute atomic E-state index is 11.9. The van der Waals surface area contributed by atoms with Gasteiger partial charge < -0.3 is 5.32 Å². The van der Waals surface area contributed by atoms with Gasteiger partial charge in [-0.2, -0.15) is 0 Å². The van der Waals surface area contributed by atoms with Crippen LogP contribution in [0.25, 0.3) is 0 Å². The Kier molecular flexibility index (Phi) is 9.75. The summed E-state index contributed by atoms with van der Waals surface area (Å²) in [6.07, 6.45) is 6.20. The highest BCUT2D eigenvalue weighted by Gasteiger charge is 2.14. The smallest absolute Gasteiger partial charge is 0.224 e. The zero-order valence-electron chi connectivity index (χ0n) is 15.7. The Labute approximate surface area is 152 Å². The second-order valence-electron chi connectivity index (χ2n) is 6.65. The highest BCUT2D eigenvalue weighted by molar-refractivity contribution is 7.90. The predicted molar refractivity (Wildman–Crippen MR) is 104 cm³/mol. The summed E-state index contributed by atoms with van der Waals surface area (Å²) in [7, 11) is -3.18. The third-order valence-corrected chi connectivity index (χ3v) is 5.91. The third kappa shape index (κ3) is 9.02. The zero-order valence-corrected chi connectivity index (χ0v) is 16.5. The number of nitrogens with one attached hydrogen (secondary N) is 2. The minimum Gasteiger partial charge on any atom is -0.326 e. The van der Waals surface area contributed by atoms with Crippen LogP contribution in [0.4, 0.5) is 5.69 Å². The van der Waals surface area contributed by atoms with Gasteiger partial charge in [-0.1, -0.05) is 31.9 Å². The molecule has 0 fully saturated rings. The second kappa shape index (κ2) is 11.3. The third-order valence-electron chi connectivity index (χ3n) is 4.06. The van der Waals surface area contributed by atoms with Crippen molar-refractivity contribution in [3.8, 4) is 0 Å². The Morgan fingerprint density at radius 3 is 2.32 bits per heavy atom. The molecular formula is C19H32N2O3S. The monoisotopic (exact) mass is 368 g/mol. The predicted octanol–water partition coefficient (Wildman–Crippen LogP) is 3.86. The lowest BCUT2D eigenvalue weighted by Crippen LogP contribution is -2.31. The molecule has 0 saturated carbocycles. The maximum atomic E-state index is 11.9. The van der Waals surface area contributed by atoms with Gasteiger partial charge in [0.15, 0.2) is 0 Å². The van der Waals surface area contributed by atoms with Crippen molar-refractivity contribution in [1.29, 1.82) is 0 Å². The van der Waals surface area contributed by atoms with Crippen molar-refractivity contribution in [3.05, 3.63) is 29.8 Å². The van der Waals surface area contributed by atoms with E-state index in [-0.39, 0.29) is 5.91 Å². The van der Waals surface area contributed by atoms with Gasteiger partial charge in [0.1, 0.15) is 0 Å². The Hall–Kier alpha value is -1.40. The summed E-state index contributed by atoms with van der Waals surface area (Å²) in [5.41, 5.74) is 2.12. The van der Waals surface area contributed by atoms with E-state index >= 15 is 0 Å². The van der Waals surface area contributed by atoms with E-state index in [1.165, 1.54) is 18.4 Å². The average molecular weight is 369 g/mol. The fourth-order valence-corrected chi connectivity index (χ4v) is 3.09. The summed E-state index contributed by atoms with van der Waals surface area (Å²) in [5, 5.41) is 2.49. The van der Waals surface area contributed by atoms with Crippen molar-refractivity contribution >= 4 is 21.6 Å². The number of benzene rings is 1. The highest BCUT2D eigenvalue weighted by Crippen LogP contribution is 2.12. The summed E-state index contributed by atoms with van der Waals surface area (Å²) in [6.45, 7) is 5.92. The van der Waals surface area contributed by atoms with Crippen molar-refractivity contribution in [2.24, 2.45) is 0 Å². The van der Waals surface area contributed by atoms with E-state index in [0.717, 1.165) is 31.4 Å². The Bertz CT molecular complexity index is 610. The van der Waals surface area contributed by atoms with Crippen LogP contribution in [-0.4, -0.2) is 26.1 Å². The minimum absolute atomic E-state index is 0.00377. The number of rotatable bonds is 12. The molecule has 0 aliphatic heterocycles. The van der Waals surface area contributed by atoms with Crippen molar-refractivity contribution in [1.82, 2.24) is 4.72 Å². The highest BCUT2D eigenvalue weighted by atomic mass is 32.2. The van der Waals surface area contributed by atoms with Crippen LogP contribution in [0.15, 0.2) is 24.3 Å². The summed E-state index contributed by atoms with van der Waals surface area (Å²) < 4.78 is 25.7. The molecule has 0 radical (unpaired) electrons. The van der Waals surface area contributed by atoms with E-state index in [0.29, 0.717) is 13.0 Å². The molecule has 25 heavy (non-hydrogen) atoms. The molecule has 5 nitrogen and oxygen atoms in total. The van der Waals surface area contributed by atoms with Gasteiger partial charge in [-0.15, -0.1) is 0 Å². The van der Waals surface area contributed by atoms with E-state index in [1.807, 2.05) is 12.1 Å². The summed E-state index contributed by atoms with van der Waals surface area (Å²) >= 11 is 0. The summed E-state index contributed by atoms with van der Waals surface area (Å²) in [5.74, 6) is 0.00377. The van der Waals surface area contributed by atoms with Crippen LogP contribution in [0.5, 0.6) is 0 Å². The van der Waals surface area contributed by atoms with Gasteiger partial charge in [0.05, 0.1) is 5.25 Å². The molecule has 0 aromatic heterocycles. The molecule has 2 N–H and O–H groups in total. The van der Waals surface area contributed by atoms with Gasteiger partial charge in [-0.05, 0) is 57.2 Å². The van der Waals surface area contributed by atoms with Crippen LogP contribution < -0.4 is 10.0 Å². The van der Waals surface area contributed by atoms with Gasteiger partial charge in [0.2, 0.25) is 15.9 Å². The van der Waals surface area contributed by atoms with Crippen molar-refractivity contribution < 1.29 is 13.2 Å². The van der Waals surface area contributed by atoms with Crippen LogP contribution in [0, 0.1) is 0 Å². The second-order valence-corrected chi connectivity index (χ2v) is 8.97. The fourth-order valence-electron chi connectivity index (χ4n) is 2.33. The lowest BCUT2D eigenvalue weighted by Gasteiger charge is -2.09. The first-order valence-corrected chi connectivity index (χ1v) is 10.8. The van der Waals surface area contributed by atoms with E-state index in [2.05, 4.69) is 29.1 Å². The molecule has 0 aliphatic rings. The number of carbonyl (C=O) groups is 1. The van der Waals surface area contributed by atoms with Crippen LogP contribution in [-0.2, 0) is 21.2 Å². The number of hydrogen-bond donors (Lipinski definition) is 2. The quantitative estimate of drug-likeness (QED) is 0.550.